The van der Waals surface area contributed by atoms with Crippen LogP contribution in [0.5, 0.6) is 0 Å². The van der Waals surface area contributed by atoms with E-state index in [9.17, 15) is 0 Å². The molecular weight excluding hydrogens is 110 g/mol. The normalized spacial score (nSPS) is 45.0. The molecule has 0 aromatic heterocycles. The molecule has 1 nitrogen and oxygen atoms in total. The van der Waals surface area contributed by atoms with Crippen molar-refractivity contribution in [2.24, 2.45) is 17.6 Å². The Morgan fingerprint density at radius 2 is 1.89 bits per heavy atom. The molecule has 1 aliphatic rings. The smallest absolute Gasteiger partial charge is 0.00670 e. The predicted molar refractivity (Wildman–Crippen MR) is 40.2 cm³/mol. The van der Waals surface area contributed by atoms with Crippen molar-refractivity contribution in [2.75, 3.05) is 0 Å². The van der Waals surface area contributed by atoms with Crippen molar-refractivity contribution in [3.05, 3.63) is 0 Å². The molecule has 1 aliphatic carbocycles. The summed E-state index contributed by atoms with van der Waals surface area (Å²) in [6.07, 6.45) is 3.97. The van der Waals surface area contributed by atoms with Crippen LogP contribution in [0.4, 0.5) is 0 Å². The highest BCUT2D eigenvalue weighted by molar-refractivity contribution is 4.78. The Hall–Kier alpha value is -0.0400. The minimum Gasteiger partial charge on any atom is -0.327 e. The zero-order chi connectivity index (χ0) is 6.85. The van der Waals surface area contributed by atoms with Gasteiger partial charge in [-0.15, -0.1) is 0 Å². The first-order valence-electron chi connectivity index (χ1n) is 3.97. The molecule has 9 heavy (non-hydrogen) atoms. The van der Waals surface area contributed by atoms with Gasteiger partial charge in [-0.25, -0.2) is 0 Å². The fourth-order valence-corrected chi connectivity index (χ4v) is 1.62. The molecule has 0 saturated heterocycles. The van der Waals surface area contributed by atoms with E-state index in [-0.39, 0.29) is 0 Å². The van der Waals surface area contributed by atoms with E-state index in [0.717, 1.165) is 11.8 Å². The van der Waals surface area contributed by atoms with E-state index >= 15 is 0 Å². The molecule has 0 radical (unpaired) electrons. The molecular formula is C8H17N. The second-order valence-corrected chi connectivity index (χ2v) is 3.43. The summed E-state index contributed by atoms with van der Waals surface area (Å²) in [7, 11) is 0. The van der Waals surface area contributed by atoms with Gasteiger partial charge >= 0.3 is 0 Å². The van der Waals surface area contributed by atoms with Gasteiger partial charge in [0.25, 0.3) is 0 Å². The van der Waals surface area contributed by atoms with Crippen molar-refractivity contribution in [3.63, 3.8) is 0 Å². The minimum absolute atomic E-state index is 0.480. The first-order valence-corrected chi connectivity index (χ1v) is 3.97. The summed E-state index contributed by atoms with van der Waals surface area (Å²) in [5.41, 5.74) is 5.87. The summed E-state index contributed by atoms with van der Waals surface area (Å²) < 4.78 is 0. The summed E-state index contributed by atoms with van der Waals surface area (Å²) >= 11 is 0. The molecule has 1 fully saturated rings. The van der Waals surface area contributed by atoms with E-state index in [1.54, 1.807) is 0 Å². The van der Waals surface area contributed by atoms with E-state index in [4.69, 9.17) is 5.73 Å². The highest BCUT2D eigenvalue weighted by atomic mass is 14.7. The molecule has 0 heterocycles. The molecule has 3 atom stereocenters. The van der Waals surface area contributed by atoms with Crippen LogP contribution in [-0.4, -0.2) is 6.04 Å². The lowest BCUT2D eigenvalue weighted by atomic mass is 9.78. The van der Waals surface area contributed by atoms with Gasteiger partial charge in [-0.2, -0.15) is 0 Å². The molecule has 1 heteroatoms. The van der Waals surface area contributed by atoms with Crippen LogP contribution < -0.4 is 5.73 Å². The third-order valence-electron chi connectivity index (χ3n) is 2.77. The van der Waals surface area contributed by atoms with Crippen LogP contribution in [0, 0.1) is 11.8 Å². The van der Waals surface area contributed by atoms with Crippen LogP contribution >= 0.6 is 0 Å². The fraction of sp³-hybridized carbons (Fsp3) is 1.00. The molecule has 0 bridgehead atoms. The van der Waals surface area contributed by atoms with Gasteiger partial charge in [0.05, 0.1) is 0 Å². The van der Waals surface area contributed by atoms with Crippen LogP contribution in [-0.2, 0) is 0 Å². The van der Waals surface area contributed by atoms with Crippen molar-refractivity contribution in [1.82, 2.24) is 0 Å². The molecule has 54 valence electrons. The molecule has 1 saturated carbocycles. The molecule has 0 aliphatic heterocycles. The molecule has 0 aromatic rings. The van der Waals surface area contributed by atoms with Gasteiger partial charge < -0.3 is 5.73 Å². The highest BCUT2D eigenvalue weighted by Gasteiger charge is 2.23. The van der Waals surface area contributed by atoms with E-state index in [1.807, 2.05) is 0 Å². The monoisotopic (exact) mass is 127 g/mol. The fourth-order valence-electron chi connectivity index (χ4n) is 1.62. The van der Waals surface area contributed by atoms with Gasteiger partial charge in [-0.05, 0) is 18.3 Å². The van der Waals surface area contributed by atoms with Crippen LogP contribution in [0.3, 0.4) is 0 Å². The maximum atomic E-state index is 5.87. The standard InChI is InChI=1S/C8H17N/c1-6-4-3-5-8(9)7(6)2/h6-8H,3-5,9H2,1-2H3/t6-,7+,8?/m0/s1. The van der Waals surface area contributed by atoms with Crippen molar-refractivity contribution in [2.45, 2.75) is 39.2 Å². The van der Waals surface area contributed by atoms with Gasteiger partial charge in [0.1, 0.15) is 0 Å². The van der Waals surface area contributed by atoms with Crippen molar-refractivity contribution in [3.8, 4) is 0 Å². The number of rotatable bonds is 0. The third-order valence-corrected chi connectivity index (χ3v) is 2.77. The quantitative estimate of drug-likeness (QED) is 0.527. The Bertz CT molecular complexity index is 80.6. The Morgan fingerprint density at radius 1 is 1.22 bits per heavy atom. The average molecular weight is 127 g/mol. The lowest BCUT2D eigenvalue weighted by Gasteiger charge is -2.31. The zero-order valence-corrected chi connectivity index (χ0v) is 6.43. The molecule has 0 spiro atoms. The van der Waals surface area contributed by atoms with Crippen LogP contribution in [0.1, 0.15) is 33.1 Å². The van der Waals surface area contributed by atoms with E-state index in [0.29, 0.717) is 6.04 Å². The first-order chi connectivity index (χ1) is 4.22. The van der Waals surface area contributed by atoms with Crippen molar-refractivity contribution in [1.29, 1.82) is 0 Å². The molecule has 1 rings (SSSR count). The number of nitrogens with two attached hydrogens (primary N) is 1. The van der Waals surface area contributed by atoms with E-state index < -0.39 is 0 Å². The lowest BCUT2D eigenvalue weighted by Crippen LogP contribution is -2.35. The largest absolute Gasteiger partial charge is 0.327 e. The Morgan fingerprint density at radius 3 is 2.33 bits per heavy atom. The summed E-state index contributed by atoms with van der Waals surface area (Å²) in [5.74, 6) is 1.60. The molecule has 0 amide bonds. The van der Waals surface area contributed by atoms with Crippen LogP contribution in [0.15, 0.2) is 0 Å². The van der Waals surface area contributed by atoms with E-state index in [1.165, 1.54) is 19.3 Å². The minimum atomic E-state index is 0.480. The van der Waals surface area contributed by atoms with Crippen LogP contribution in [0.25, 0.3) is 0 Å². The summed E-state index contributed by atoms with van der Waals surface area (Å²) in [4.78, 5) is 0. The molecule has 1 unspecified atom stereocenters. The topological polar surface area (TPSA) is 26.0 Å². The predicted octanol–water partition coefficient (Wildman–Crippen LogP) is 1.77. The maximum absolute atomic E-state index is 5.87. The zero-order valence-electron chi connectivity index (χ0n) is 6.43. The van der Waals surface area contributed by atoms with Crippen LogP contribution in [0.2, 0.25) is 0 Å². The maximum Gasteiger partial charge on any atom is 0.00670 e. The number of hydrogen-bond acceptors (Lipinski definition) is 1. The van der Waals surface area contributed by atoms with Gasteiger partial charge in [0.2, 0.25) is 0 Å². The summed E-state index contributed by atoms with van der Waals surface area (Å²) in [6, 6.07) is 0.480. The summed E-state index contributed by atoms with van der Waals surface area (Å²) in [6.45, 7) is 4.58. The lowest BCUT2D eigenvalue weighted by molar-refractivity contribution is 0.240. The van der Waals surface area contributed by atoms with Gasteiger partial charge in [0.15, 0.2) is 0 Å². The Balaban J connectivity index is 2.41. The van der Waals surface area contributed by atoms with E-state index in [2.05, 4.69) is 13.8 Å². The molecule has 2 N–H and O–H groups in total. The van der Waals surface area contributed by atoms with Gasteiger partial charge in [-0.1, -0.05) is 26.7 Å². The first kappa shape index (κ1) is 7.07. The van der Waals surface area contributed by atoms with Crippen molar-refractivity contribution < 1.29 is 0 Å². The third kappa shape index (κ3) is 1.45. The Labute approximate surface area is 57.6 Å². The second kappa shape index (κ2) is 2.70. The number of hydrogen-bond donors (Lipinski definition) is 1. The van der Waals surface area contributed by atoms with Crippen molar-refractivity contribution >= 4 is 0 Å². The Kier molecular flexibility index (Phi) is 2.12. The highest BCUT2D eigenvalue weighted by Crippen LogP contribution is 2.27. The summed E-state index contributed by atoms with van der Waals surface area (Å²) in [5, 5.41) is 0. The van der Waals surface area contributed by atoms with Gasteiger partial charge in [-0.3, -0.25) is 0 Å². The average Bonchev–Trinajstić information content (AvgIpc) is 1.83. The second-order valence-electron chi connectivity index (χ2n) is 3.43. The molecule has 0 aromatic carbocycles. The van der Waals surface area contributed by atoms with Gasteiger partial charge in [0, 0.05) is 6.04 Å². The SMILES string of the molecule is C[C@H]1CCCC(N)[C@@H]1C.